The minimum atomic E-state index is -0.489. The van der Waals surface area contributed by atoms with Crippen LogP contribution in [0.25, 0.3) is 5.65 Å². The van der Waals surface area contributed by atoms with Gasteiger partial charge in [-0.05, 0) is 19.0 Å². The summed E-state index contributed by atoms with van der Waals surface area (Å²) < 4.78 is 2.04. The highest BCUT2D eigenvalue weighted by Gasteiger charge is 2.14. The molecule has 1 atom stereocenters. The number of fused-ring (bicyclic) bond motifs is 1. The van der Waals surface area contributed by atoms with E-state index >= 15 is 0 Å². The Morgan fingerprint density at radius 1 is 1.22 bits per heavy atom. The number of benzene rings is 1. The number of aliphatic hydroxyl groups excluding tert-OH is 1. The number of aryl methyl sites for hydroxylation is 1. The van der Waals surface area contributed by atoms with E-state index in [-0.39, 0.29) is 0 Å². The predicted molar refractivity (Wildman–Crippen MR) is 90.1 cm³/mol. The van der Waals surface area contributed by atoms with Crippen LogP contribution in [0.2, 0.25) is 0 Å². The predicted octanol–water partition coefficient (Wildman–Crippen LogP) is 2.59. The van der Waals surface area contributed by atoms with Crippen molar-refractivity contribution in [3.05, 3.63) is 65.9 Å². The van der Waals surface area contributed by atoms with Gasteiger partial charge in [0.15, 0.2) is 5.65 Å². The Morgan fingerprint density at radius 3 is 2.74 bits per heavy atom. The second kappa shape index (κ2) is 6.89. The van der Waals surface area contributed by atoms with E-state index in [1.54, 1.807) is 12.4 Å². The van der Waals surface area contributed by atoms with Crippen molar-refractivity contribution in [3.63, 3.8) is 0 Å². The quantitative estimate of drug-likeness (QED) is 0.760. The molecule has 5 nitrogen and oxygen atoms in total. The zero-order chi connectivity index (χ0) is 16.2. The molecule has 1 aromatic carbocycles. The molecular weight excluding hydrogens is 288 g/mol. The van der Waals surface area contributed by atoms with Gasteiger partial charge in [-0.25, -0.2) is 4.98 Å². The number of hydrogen-bond acceptors (Lipinski definition) is 4. The van der Waals surface area contributed by atoms with Gasteiger partial charge in [0, 0.05) is 25.5 Å². The maximum Gasteiger partial charge on any atom is 0.155 e. The first-order chi connectivity index (χ1) is 11.2. The van der Waals surface area contributed by atoms with E-state index in [0.717, 1.165) is 30.0 Å². The van der Waals surface area contributed by atoms with Crippen LogP contribution in [0, 0.1) is 6.92 Å². The second-order valence-electron chi connectivity index (χ2n) is 5.81. The molecule has 0 aliphatic rings. The van der Waals surface area contributed by atoms with Crippen molar-refractivity contribution in [1.82, 2.24) is 19.3 Å². The number of aromatic nitrogens is 3. The smallest absolute Gasteiger partial charge is 0.155 e. The normalized spacial score (nSPS) is 12.9. The fourth-order valence-electron chi connectivity index (χ4n) is 2.68. The Labute approximate surface area is 136 Å². The highest BCUT2D eigenvalue weighted by Crippen LogP contribution is 2.17. The molecule has 2 heterocycles. The van der Waals surface area contributed by atoms with Crippen molar-refractivity contribution < 1.29 is 5.11 Å². The number of likely N-dealkylation sites (N-methyl/N-ethyl adjacent to an activating group) is 1. The van der Waals surface area contributed by atoms with Gasteiger partial charge in [-0.3, -0.25) is 14.3 Å². The fraction of sp³-hybridized carbons (Fsp3) is 0.333. The molecule has 1 unspecified atom stereocenters. The highest BCUT2D eigenvalue weighted by molar-refractivity contribution is 5.36. The van der Waals surface area contributed by atoms with Gasteiger partial charge >= 0.3 is 0 Å². The molecule has 0 amide bonds. The van der Waals surface area contributed by atoms with Gasteiger partial charge in [0.05, 0.1) is 24.2 Å². The minimum Gasteiger partial charge on any atom is -0.387 e. The van der Waals surface area contributed by atoms with E-state index in [9.17, 15) is 5.11 Å². The Bertz CT molecular complexity index is 766. The molecule has 0 aliphatic heterocycles. The van der Waals surface area contributed by atoms with Crippen molar-refractivity contribution >= 4 is 5.65 Å². The van der Waals surface area contributed by atoms with Crippen LogP contribution in [0.1, 0.15) is 29.8 Å². The molecule has 0 radical (unpaired) electrons. The van der Waals surface area contributed by atoms with E-state index in [2.05, 4.69) is 21.8 Å². The van der Waals surface area contributed by atoms with Gasteiger partial charge < -0.3 is 5.11 Å². The summed E-state index contributed by atoms with van der Waals surface area (Å²) in [6.07, 6.45) is 6.81. The van der Waals surface area contributed by atoms with E-state index < -0.39 is 6.10 Å². The van der Waals surface area contributed by atoms with Gasteiger partial charge in [0.25, 0.3) is 0 Å². The summed E-state index contributed by atoms with van der Waals surface area (Å²) in [5.74, 6) is 0. The van der Waals surface area contributed by atoms with Gasteiger partial charge in [-0.2, -0.15) is 0 Å². The molecule has 0 saturated carbocycles. The standard InChI is InChI=1S/C18H22N4O/c1-3-21(13-17(23)15-6-4-14(2)5-7-15)12-16-10-20-18-11-19-8-9-22(16)18/h4-11,17,23H,3,12-13H2,1-2H3. The number of imidazole rings is 1. The number of hydrogen-bond donors (Lipinski definition) is 1. The molecule has 5 heteroatoms. The lowest BCUT2D eigenvalue weighted by Crippen LogP contribution is -2.28. The second-order valence-corrected chi connectivity index (χ2v) is 5.81. The van der Waals surface area contributed by atoms with Crippen LogP contribution in [-0.2, 0) is 6.54 Å². The summed E-state index contributed by atoms with van der Waals surface area (Å²) in [5.41, 5.74) is 4.10. The summed E-state index contributed by atoms with van der Waals surface area (Å²) in [6.45, 7) is 6.35. The number of aliphatic hydroxyl groups is 1. The lowest BCUT2D eigenvalue weighted by Gasteiger charge is -2.23. The minimum absolute atomic E-state index is 0.489. The maximum absolute atomic E-state index is 10.5. The Hall–Kier alpha value is -2.24. The van der Waals surface area contributed by atoms with Crippen molar-refractivity contribution in [2.45, 2.75) is 26.5 Å². The average Bonchev–Trinajstić information content (AvgIpc) is 2.98. The molecule has 3 aromatic rings. The van der Waals surface area contributed by atoms with Crippen LogP contribution in [0.3, 0.4) is 0 Å². The van der Waals surface area contributed by atoms with Crippen molar-refractivity contribution in [2.24, 2.45) is 0 Å². The first-order valence-electron chi connectivity index (χ1n) is 7.90. The summed E-state index contributed by atoms with van der Waals surface area (Å²) in [4.78, 5) is 10.7. The molecule has 2 aromatic heterocycles. The molecule has 0 fully saturated rings. The van der Waals surface area contributed by atoms with Crippen LogP contribution < -0.4 is 0 Å². The summed E-state index contributed by atoms with van der Waals surface area (Å²) in [5, 5.41) is 10.5. The third kappa shape index (κ3) is 3.57. The first-order valence-corrected chi connectivity index (χ1v) is 7.90. The molecule has 0 bridgehead atoms. The molecule has 0 aliphatic carbocycles. The molecule has 0 spiro atoms. The van der Waals surface area contributed by atoms with Crippen molar-refractivity contribution in [2.75, 3.05) is 13.1 Å². The van der Waals surface area contributed by atoms with Crippen molar-refractivity contribution in [1.29, 1.82) is 0 Å². The van der Waals surface area contributed by atoms with Gasteiger partial charge in [-0.1, -0.05) is 36.8 Å². The van der Waals surface area contributed by atoms with E-state index in [1.807, 2.05) is 48.0 Å². The monoisotopic (exact) mass is 310 g/mol. The Morgan fingerprint density at radius 2 is 2.00 bits per heavy atom. The molecular formula is C18H22N4O. The van der Waals surface area contributed by atoms with Gasteiger partial charge in [0.2, 0.25) is 0 Å². The lowest BCUT2D eigenvalue weighted by molar-refractivity contribution is 0.111. The molecule has 3 rings (SSSR count). The summed E-state index contributed by atoms with van der Waals surface area (Å²) in [6, 6.07) is 8.06. The molecule has 23 heavy (non-hydrogen) atoms. The van der Waals surface area contributed by atoms with E-state index in [1.165, 1.54) is 5.56 Å². The van der Waals surface area contributed by atoms with Crippen LogP contribution in [0.4, 0.5) is 0 Å². The molecule has 120 valence electrons. The van der Waals surface area contributed by atoms with Gasteiger partial charge in [-0.15, -0.1) is 0 Å². The summed E-state index contributed by atoms with van der Waals surface area (Å²) in [7, 11) is 0. The zero-order valence-electron chi connectivity index (χ0n) is 13.6. The van der Waals surface area contributed by atoms with Crippen LogP contribution in [-0.4, -0.2) is 37.5 Å². The SMILES string of the molecule is CCN(Cc1cnc2cnccn12)CC(O)c1ccc(C)cc1. The fourth-order valence-corrected chi connectivity index (χ4v) is 2.68. The third-order valence-electron chi connectivity index (χ3n) is 4.12. The van der Waals surface area contributed by atoms with Crippen LogP contribution in [0.5, 0.6) is 0 Å². The summed E-state index contributed by atoms with van der Waals surface area (Å²) >= 11 is 0. The number of nitrogens with zero attached hydrogens (tertiary/aromatic N) is 4. The lowest BCUT2D eigenvalue weighted by atomic mass is 10.1. The number of rotatable bonds is 6. The zero-order valence-corrected chi connectivity index (χ0v) is 13.6. The molecule has 1 N–H and O–H groups in total. The highest BCUT2D eigenvalue weighted by atomic mass is 16.3. The Kier molecular flexibility index (Phi) is 4.69. The van der Waals surface area contributed by atoms with Gasteiger partial charge in [0.1, 0.15) is 0 Å². The average molecular weight is 310 g/mol. The van der Waals surface area contributed by atoms with E-state index in [0.29, 0.717) is 6.54 Å². The largest absolute Gasteiger partial charge is 0.387 e. The van der Waals surface area contributed by atoms with E-state index in [4.69, 9.17) is 0 Å². The first kappa shape index (κ1) is 15.6. The van der Waals surface area contributed by atoms with Crippen molar-refractivity contribution in [3.8, 4) is 0 Å². The maximum atomic E-state index is 10.5. The van der Waals surface area contributed by atoms with Crippen LogP contribution in [0.15, 0.2) is 49.1 Å². The topological polar surface area (TPSA) is 53.7 Å². The molecule has 0 saturated heterocycles. The third-order valence-corrected chi connectivity index (χ3v) is 4.12. The van der Waals surface area contributed by atoms with Crippen LogP contribution >= 0.6 is 0 Å². The Balaban J connectivity index is 1.71.